The summed E-state index contributed by atoms with van der Waals surface area (Å²) < 4.78 is 56.0. The Kier molecular flexibility index (Phi) is 6.96. The number of rotatable bonds is 7. The maximum absolute atomic E-state index is 14.9. The summed E-state index contributed by atoms with van der Waals surface area (Å²) in [6, 6.07) is 5.39. The number of hydrogen-bond acceptors (Lipinski definition) is 7. The van der Waals surface area contributed by atoms with Crippen molar-refractivity contribution in [2.24, 2.45) is 0 Å². The van der Waals surface area contributed by atoms with Gasteiger partial charge < -0.3 is 15.6 Å². The first-order chi connectivity index (χ1) is 17.4. The molecular weight excluding hydrogens is 494 g/mol. The van der Waals surface area contributed by atoms with Crippen molar-refractivity contribution in [2.45, 2.75) is 45.5 Å². The Balaban J connectivity index is 1.49. The van der Waals surface area contributed by atoms with Crippen molar-refractivity contribution in [3.05, 3.63) is 74.4 Å². The lowest BCUT2D eigenvalue weighted by atomic mass is 10.1. The number of benzene rings is 1. The molecule has 0 aliphatic heterocycles. The third-order valence-electron chi connectivity index (χ3n) is 5.76. The van der Waals surface area contributed by atoms with E-state index < -0.39 is 40.4 Å². The van der Waals surface area contributed by atoms with Crippen LogP contribution in [0.25, 0.3) is 22.2 Å². The lowest BCUT2D eigenvalue weighted by Crippen LogP contribution is -2.27. The third kappa shape index (κ3) is 5.60. The number of aromatic nitrogens is 5. The van der Waals surface area contributed by atoms with E-state index in [1.54, 1.807) is 37.3 Å². The van der Waals surface area contributed by atoms with Crippen LogP contribution in [0.2, 0.25) is 0 Å². The number of halogens is 4. The van der Waals surface area contributed by atoms with Crippen LogP contribution in [0.3, 0.4) is 0 Å². The summed E-state index contributed by atoms with van der Waals surface area (Å²) in [5.41, 5.74) is 2.93. The molecule has 1 atom stereocenters. The number of hydrogen-bond donors (Lipinski definition) is 3. The zero-order valence-corrected chi connectivity index (χ0v) is 19.9. The van der Waals surface area contributed by atoms with Crippen LogP contribution in [0.4, 0.5) is 29.1 Å². The normalized spacial score (nSPS) is 12.6. The Morgan fingerprint density at radius 1 is 1.19 bits per heavy atom. The molecule has 0 amide bonds. The second-order valence-corrected chi connectivity index (χ2v) is 8.66. The number of aryl methyl sites for hydroxylation is 2. The number of pyridine rings is 1. The van der Waals surface area contributed by atoms with E-state index in [2.05, 4.69) is 20.4 Å². The SMILES string of the molecule is Cc1cc(N)nc(-c2cc3ccn(CCC[C@H](C)Nc4cn[nH]c(=O)c4C(F)(F)F)c(=O)c3cc2F)n1. The first kappa shape index (κ1) is 25.8. The highest BCUT2D eigenvalue weighted by Gasteiger charge is 2.37. The number of nitrogens with two attached hydrogens (primary N) is 1. The first-order valence-corrected chi connectivity index (χ1v) is 11.3. The van der Waals surface area contributed by atoms with Crippen molar-refractivity contribution in [3.8, 4) is 11.4 Å². The molecule has 0 unspecified atom stereocenters. The predicted molar refractivity (Wildman–Crippen MR) is 131 cm³/mol. The summed E-state index contributed by atoms with van der Waals surface area (Å²) in [7, 11) is 0. The molecule has 0 bridgehead atoms. The molecular formula is C24H23F4N7O2. The molecule has 13 heteroatoms. The molecule has 0 aliphatic carbocycles. The highest BCUT2D eigenvalue weighted by molar-refractivity contribution is 5.86. The first-order valence-electron chi connectivity index (χ1n) is 11.3. The molecule has 9 nitrogen and oxygen atoms in total. The minimum atomic E-state index is -4.84. The van der Waals surface area contributed by atoms with Gasteiger partial charge in [0.15, 0.2) is 5.82 Å². The molecule has 0 aliphatic rings. The van der Waals surface area contributed by atoms with Gasteiger partial charge in [0.1, 0.15) is 17.2 Å². The maximum atomic E-state index is 14.9. The van der Waals surface area contributed by atoms with Gasteiger partial charge in [0.2, 0.25) is 0 Å². The third-order valence-corrected chi connectivity index (χ3v) is 5.76. The van der Waals surface area contributed by atoms with Crippen molar-refractivity contribution < 1.29 is 17.6 Å². The minimum Gasteiger partial charge on any atom is -0.384 e. The largest absolute Gasteiger partial charge is 0.423 e. The summed E-state index contributed by atoms with van der Waals surface area (Å²) in [6.45, 7) is 3.62. The number of aromatic amines is 1. The molecule has 1 aromatic carbocycles. The molecule has 0 radical (unpaired) electrons. The zero-order valence-electron chi connectivity index (χ0n) is 19.9. The van der Waals surface area contributed by atoms with Gasteiger partial charge in [-0.1, -0.05) is 0 Å². The fourth-order valence-electron chi connectivity index (χ4n) is 4.06. The van der Waals surface area contributed by atoms with E-state index in [0.717, 1.165) is 12.3 Å². The van der Waals surface area contributed by atoms with Gasteiger partial charge in [0.25, 0.3) is 11.1 Å². The van der Waals surface area contributed by atoms with Crippen LogP contribution in [-0.4, -0.2) is 30.8 Å². The molecule has 0 saturated carbocycles. The van der Waals surface area contributed by atoms with E-state index in [-0.39, 0.29) is 29.1 Å². The fourth-order valence-corrected chi connectivity index (χ4v) is 4.06. The molecule has 194 valence electrons. The van der Waals surface area contributed by atoms with E-state index in [9.17, 15) is 27.2 Å². The van der Waals surface area contributed by atoms with E-state index in [4.69, 9.17) is 5.73 Å². The Labute approximate surface area is 207 Å². The Bertz CT molecular complexity index is 1560. The molecule has 3 aromatic heterocycles. The molecule has 37 heavy (non-hydrogen) atoms. The number of nitrogen functional groups attached to an aromatic ring is 1. The van der Waals surface area contributed by atoms with Crippen molar-refractivity contribution in [1.82, 2.24) is 24.7 Å². The molecule has 4 N–H and O–H groups in total. The van der Waals surface area contributed by atoms with Gasteiger partial charge in [0, 0.05) is 30.5 Å². The molecule has 4 aromatic rings. The Hall–Kier alpha value is -4.29. The summed E-state index contributed by atoms with van der Waals surface area (Å²) in [5, 5.41) is 8.54. The number of alkyl halides is 3. The standard InChI is InChI=1S/C24H23F4N7O2/c1-12(31-18-11-30-34-22(36)20(18)24(26,27)28)4-3-6-35-7-5-14-9-16(17(25)10-15(14)23(35)37)21-32-13(2)8-19(29)33-21/h5,7-12H,3-4,6H2,1-2H3,(H2,29,32,33)(H2,31,34,36)/t12-/m0/s1. The van der Waals surface area contributed by atoms with Gasteiger partial charge in [-0.25, -0.2) is 19.5 Å². The zero-order chi connectivity index (χ0) is 26.9. The van der Waals surface area contributed by atoms with Gasteiger partial charge in [-0.05, 0) is 50.3 Å². The van der Waals surface area contributed by atoms with Crippen molar-refractivity contribution in [3.63, 3.8) is 0 Å². The molecule has 0 spiro atoms. The average Bonchev–Trinajstić information content (AvgIpc) is 2.79. The fraction of sp³-hybridized carbons (Fsp3) is 0.292. The number of nitrogens with one attached hydrogen (secondary N) is 2. The van der Waals surface area contributed by atoms with Gasteiger partial charge in [0.05, 0.1) is 22.8 Å². The van der Waals surface area contributed by atoms with Gasteiger partial charge >= 0.3 is 6.18 Å². The number of fused-ring (bicyclic) bond motifs is 1. The maximum Gasteiger partial charge on any atom is 0.423 e. The van der Waals surface area contributed by atoms with Crippen LogP contribution in [0.1, 0.15) is 31.0 Å². The molecule has 3 heterocycles. The smallest absolute Gasteiger partial charge is 0.384 e. The van der Waals surface area contributed by atoms with E-state index in [1.165, 1.54) is 10.6 Å². The highest BCUT2D eigenvalue weighted by Crippen LogP contribution is 2.32. The summed E-state index contributed by atoms with van der Waals surface area (Å²) in [6.07, 6.45) is -1.56. The lowest BCUT2D eigenvalue weighted by Gasteiger charge is -2.18. The average molecular weight is 517 g/mol. The predicted octanol–water partition coefficient (Wildman–Crippen LogP) is 3.87. The summed E-state index contributed by atoms with van der Waals surface area (Å²) in [5.74, 6) is -0.352. The highest BCUT2D eigenvalue weighted by atomic mass is 19.4. The van der Waals surface area contributed by atoms with Gasteiger partial charge in [-0.15, -0.1) is 0 Å². The van der Waals surface area contributed by atoms with Crippen LogP contribution >= 0.6 is 0 Å². The number of nitrogens with zero attached hydrogens (tertiary/aromatic N) is 4. The quantitative estimate of drug-likeness (QED) is 0.317. The minimum absolute atomic E-state index is 0.117. The van der Waals surface area contributed by atoms with Crippen LogP contribution in [0.15, 0.2) is 46.2 Å². The Morgan fingerprint density at radius 3 is 2.65 bits per heavy atom. The van der Waals surface area contributed by atoms with Crippen LogP contribution < -0.4 is 22.2 Å². The monoisotopic (exact) mass is 517 g/mol. The second-order valence-electron chi connectivity index (χ2n) is 8.66. The Morgan fingerprint density at radius 2 is 1.95 bits per heavy atom. The number of anilines is 2. The van der Waals surface area contributed by atoms with E-state index in [1.807, 2.05) is 0 Å². The van der Waals surface area contributed by atoms with E-state index in [0.29, 0.717) is 23.9 Å². The summed E-state index contributed by atoms with van der Waals surface area (Å²) in [4.78, 5) is 32.9. The molecule has 0 saturated heterocycles. The van der Waals surface area contributed by atoms with Crippen LogP contribution in [0, 0.1) is 12.7 Å². The van der Waals surface area contributed by atoms with Crippen molar-refractivity contribution >= 4 is 22.3 Å². The van der Waals surface area contributed by atoms with Gasteiger partial charge in [-0.2, -0.15) is 18.3 Å². The summed E-state index contributed by atoms with van der Waals surface area (Å²) >= 11 is 0. The second kappa shape index (κ2) is 9.99. The topological polar surface area (TPSA) is 132 Å². The van der Waals surface area contributed by atoms with E-state index >= 15 is 0 Å². The van der Waals surface area contributed by atoms with Crippen LogP contribution in [-0.2, 0) is 12.7 Å². The number of H-pyrrole nitrogens is 1. The van der Waals surface area contributed by atoms with Crippen molar-refractivity contribution in [1.29, 1.82) is 0 Å². The molecule has 4 rings (SSSR count). The van der Waals surface area contributed by atoms with Crippen molar-refractivity contribution in [2.75, 3.05) is 11.1 Å². The molecule has 0 fully saturated rings. The van der Waals surface area contributed by atoms with Gasteiger partial charge in [-0.3, -0.25) is 9.59 Å². The lowest BCUT2D eigenvalue weighted by molar-refractivity contribution is -0.138. The van der Waals surface area contributed by atoms with Crippen LogP contribution in [0.5, 0.6) is 0 Å².